The van der Waals surface area contributed by atoms with Crippen molar-refractivity contribution in [3.05, 3.63) is 112 Å². The molecule has 0 aliphatic carbocycles. The molecule has 0 bridgehead atoms. The first-order chi connectivity index (χ1) is 18.0. The van der Waals surface area contributed by atoms with E-state index in [1.807, 2.05) is 59.5 Å². The molecule has 1 saturated heterocycles. The van der Waals surface area contributed by atoms with E-state index in [2.05, 4.69) is 4.98 Å². The van der Waals surface area contributed by atoms with E-state index in [9.17, 15) is 14.7 Å². The van der Waals surface area contributed by atoms with Crippen LogP contribution in [0.2, 0.25) is 0 Å². The van der Waals surface area contributed by atoms with Crippen LogP contribution in [0.4, 0.5) is 0 Å². The molecule has 4 aromatic rings. The Morgan fingerprint density at radius 2 is 1.86 bits per heavy atom. The average Bonchev–Trinajstić information content (AvgIpc) is 3.67. The van der Waals surface area contributed by atoms with Crippen molar-refractivity contribution >= 4 is 28.8 Å². The normalized spacial score (nSPS) is 16.9. The second-order valence-corrected chi connectivity index (χ2v) is 9.88. The lowest BCUT2D eigenvalue weighted by Crippen LogP contribution is -2.31. The van der Waals surface area contributed by atoms with Gasteiger partial charge in [-0.3, -0.25) is 9.59 Å². The number of hydrogen-bond acceptors (Lipinski definition) is 6. The highest BCUT2D eigenvalue weighted by Crippen LogP contribution is 2.41. The summed E-state index contributed by atoms with van der Waals surface area (Å²) < 4.78 is 7.84. The van der Waals surface area contributed by atoms with Gasteiger partial charge in [-0.05, 0) is 60.2 Å². The maximum Gasteiger partial charge on any atom is 0.295 e. The second-order valence-electron chi connectivity index (χ2n) is 8.90. The lowest BCUT2D eigenvalue weighted by Gasteiger charge is -2.24. The van der Waals surface area contributed by atoms with Crippen LogP contribution >= 0.6 is 11.3 Å². The molecule has 0 spiro atoms. The van der Waals surface area contributed by atoms with E-state index in [0.717, 1.165) is 16.0 Å². The quantitative estimate of drug-likeness (QED) is 0.185. The largest absolute Gasteiger partial charge is 0.507 e. The third-order valence-electron chi connectivity index (χ3n) is 6.51. The predicted octanol–water partition coefficient (Wildman–Crippen LogP) is 5.34. The molecule has 7 nitrogen and oxygen atoms in total. The molecule has 8 heteroatoms. The number of rotatable bonds is 9. The number of imidazole rings is 1. The number of benzene rings is 2. The number of carbonyl (C=O) groups is 2. The fraction of sp³-hybridized carbons (Fsp3) is 0.207. The van der Waals surface area contributed by atoms with Crippen LogP contribution in [0.15, 0.2) is 90.3 Å². The summed E-state index contributed by atoms with van der Waals surface area (Å²) in [5, 5.41) is 13.1. The smallest absolute Gasteiger partial charge is 0.295 e. The highest BCUT2D eigenvalue weighted by molar-refractivity contribution is 7.10. The highest BCUT2D eigenvalue weighted by Gasteiger charge is 2.46. The molecule has 1 atom stereocenters. The van der Waals surface area contributed by atoms with Crippen molar-refractivity contribution in [1.29, 1.82) is 0 Å². The zero-order valence-electron chi connectivity index (χ0n) is 20.4. The highest BCUT2D eigenvalue weighted by atomic mass is 32.1. The summed E-state index contributed by atoms with van der Waals surface area (Å²) in [6, 6.07) is 18.1. The van der Waals surface area contributed by atoms with Crippen LogP contribution in [-0.4, -0.2) is 37.8 Å². The molecular weight excluding hydrogens is 486 g/mol. The van der Waals surface area contributed by atoms with Crippen molar-refractivity contribution < 1.29 is 19.4 Å². The number of aliphatic hydroxyl groups is 1. The molecule has 1 fully saturated rings. The molecule has 188 valence electrons. The Kier molecular flexibility index (Phi) is 7.18. The molecule has 1 aliphatic heterocycles. The maximum atomic E-state index is 13.1. The monoisotopic (exact) mass is 513 g/mol. The minimum atomic E-state index is -0.668. The van der Waals surface area contributed by atoms with Crippen LogP contribution < -0.4 is 4.74 Å². The van der Waals surface area contributed by atoms with Gasteiger partial charge in [0.05, 0.1) is 17.9 Å². The van der Waals surface area contributed by atoms with E-state index in [0.29, 0.717) is 37.4 Å². The third kappa shape index (κ3) is 5.20. The molecule has 3 heterocycles. The van der Waals surface area contributed by atoms with Crippen molar-refractivity contribution in [2.75, 3.05) is 6.54 Å². The Labute approximate surface area is 219 Å². The number of ether oxygens (including phenoxy) is 1. The number of likely N-dealkylation sites (tertiary alicyclic amines) is 1. The van der Waals surface area contributed by atoms with Gasteiger partial charge < -0.3 is 19.3 Å². The predicted molar refractivity (Wildman–Crippen MR) is 142 cm³/mol. The van der Waals surface area contributed by atoms with E-state index in [1.54, 1.807) is 41.7 Å². The summed E-state index contributed by atoms with van der Waals surface area (Å²) >= 11 is 1.46. The Balaban J connectivity index is 1.37. The summed E-state index contributed by atoms with van der Waals surface area (Å²) in [4.78, 5) is 32.6. The topological polar surface area (TPSA) is 84.7 Å². The Hall–Kier alpha value is -4.17. The summed E-state index contributed by atoms with van der Waals surface area (Å²) in [5.41, 5.74) is 2.82. The standard InChI is InChI=1S/C29H27N3O4S/c1-20-6-2-3-7-22(20)18-36-23-11-9-21(10-12-23)27(33)25-26(24-8-4-17-37-24)32(29(35)28(25)34)15-5-14-31-16-13-30-19-31/h2-4,6-13,16-17,19,26,33H,5,14-15,18H2,1H3/b27-25+/t26-/m0/s1. The Bertz CT molecular complexity index is 1410. The number of nitrogens with zero attached hydrogens (tertiary/aromatic N) is 3. The van der Waals surface area contributed by atoms with Crippen molar-refractivity contribution in [2.24, 2.45) is 0 Å². The van der Waals surface area contributed by atoms with Crippen LogP contribution in [0.3, 0.4) is 0 Å². The van der Waals surface area contributed by atoms with Gasteiger partial charge in [-0.1, -0.05) is 30.3 Å². The lowest BCUT2D eigenvalue weighted by molar-refractivity contribution is -0.139. The minimum absolute atomic E-state index is 0.114. The number of ketones is 1. The zero-order chi connectivity index (χ0) is 25.8. The summed E-state index contributed by atoms with van der Waals surface area (Å²) in [7, 11) is 0. The molecule has 0 unspecified atom stereocenters. The molecule has 1 amide bonds. The zero-order valence-corrected chi connectivity index (χ0v) is 21.2. The van der Waals surface area contributed by atoms with Crippen LogP contribution in [0.5, 0.6) is 5.75 Å². The fourth-order valence-corrected chi connectivity index (χ4v) is 5.34. The van der Waals surface area contributed by atoms with Crippen molar-refractivity contribution in [3.8, 4) is 5.75 Å². The molecule has 1 aliphatic rings. The first-order valence-electron chi connectivity index (χ1n) is 12.1. The number of carbonyl (C=O) groups excluding carboxylic acids is 2. The van der Waals surface area contributed by atoms with Gasteiger partial charge in [0, 0.05) is 35.9 Å². The van der Waals surface area contributed by atoms with E-state index in [-0.39, 0.29) is 11.3 Å². The van der Waals surface area contributed by atoms with E-state index in [1.165, 1.54) is 11.3 Å². The first-order valence-corrected chi connectivity index (χ1v) is 13.0. The number of amides is 1. The number of hydrogen-bond donors (Lipinski definition) is 1. The van der Waals surface area contributed by atoms with Crippen LogP contribution in [0.25, 0.3) is 5.76 Å². The SMILES string of the molecule is Cc1ccccc1COc1ccc(/C(O)=C2\C(=O)C(=O)N(CCCn3ccnc3)[C@H]2c2cccs2)cc1. The first kappa shape index (κ1) is 24.5. The molecule has 2 aromatic heterocycles. The third-order valence-corrected chi connectivity index (χ3v) is 7.44. The lowest BCUT2D eigenvalue weighted by atomic mass is 10.00. The van der Waals surface area contributed by atoms with Gasteiger partial charge in [-0.2, -0.15) is 0 Å². The van der Waals surface area contributed by atoms with Gasteiger partial charge in [-0.15, -0.1) is 11.3 Å². The van der Waals surface area contributed by atoms with E-state index < -0.39 is 17.7 Å². The number of thiophene rings is 1. The van der Waals surface area contributed by atoms with Crippen molar-refractivity contribution in [2.45, 2.75) is 32.5 Å². The van der Waals surface area contributed by atoms with Gasteiger partial charge in [0.25, 0.3) is 11.7 Å². The molecule has 1 N–H and O–H groups in total. The minimum Gasteiger partial charge on any atom is -0.507 e. The number of aliphatic hydroxyl groups excluding tert-OH is 1. The van der Waals surface area contributed by atoms with Crippen LogP contribution in [-0.2, 0) is 22.7 Å². The van der Waals surface area contributed by atoms with Gasteiger partial charge in [-0.25, -0.2) is 4.98 Å². The van der Waals surface area contributed by atoms with Crippen LogP contribution in [0, 0.1) is 6.92 Å². The fourth-order valence-electron chi connectivity index (χ4n) is 4.49. The molecular formula is C29H27N3O4S. The van der Waals surface area contributed by atoms with Gasteiger partial charge in [0.15, 0.2) is 0 Å². The molecule has 37 heavy (non-hydrogen) atoms. The Morgan fingerprint density at radius 3 is 2.57 bits per heavy atom. The average molecular weight is 514 g/mol. The van der Waals surface area contributed by atoms with Gasteiger partial charge >= 0.3 is 0 Å². The van der Waals surface area contributed by atoms with E-state index >= 15 is 0 Å². The van der Waals surface area contributed by atoms with Crippen molar-refractivity contribution in [1.82, 2.24) is 14.5 Å². The number of aromatic nitrogens is 2. The molecule has 5 rings (SSSR count). The maximum absolute atomic E-state index is 13.1. The van der Waals surface area contributed by atoms with Gasteiger partial charge in [0.2, 0.25) is 0 Å². The molecule has 0 saturated carbocycles. The number of aryl methyl sites for hydroxylation is 2. The Morgan fingerprint density at radius 1 is 1.05 bits per heavy atom. The van der Waals surface area contributed by atoms with Gasteiger partial charge in [0.1, 0.15) is 18.1 Å². The van der Waals surface area contributed by atoms with E-state index in [4.69, 9.17) is 4.74 Å². The molecule has 0 radical (unpaired) electrons. The summed E-state index contributed by atoms with van der Waals surface area (Å²) in [5.74, 6) is -0.795. The summed E-state index contributed by atoms with van der Waals surface area (Å²) in [6.45, 7) is 3.52. The van der Waals surface area contributed by atoms with Crippen LogP contribution in [0.1, 0.15) is 34.0 Å². The second kappa shape index (κ2) is 10.8. The van der Waals surface area contributed by atoms with Crippen molar-refractivity contribution in [3.63, 3.8) is 0 Å². The molecule has 2 aromatic carbocycles. The summed E-state index contributed by atoms with van der Waals surface area (Å²) in [6.07, 6.45) is 5.94. The number of Topliss-reactive ketones (excluding diaryl/α,β-unsaturated/α-hetero) is 1.